The average molecular weight is 272 g/mol. The fourth-order valence-electron chi connectivity index (χ4n) is 2.23. The molecule has 0 rings (SSSR count). The van der Waals surface area contributed by atoms with E-state index < -0.39 is 0 Å². The van der Waals surface area contributed by atoms with Gasteiger partial charge in [0.05, 0.1) is 6.17 Å². The summed E-state index contributed by atoms with van der Waals surface area (Å²) in [5, 5.41) is 3.41. The van der Waals surface area contributed by atoms with Crippen LogP contribution in [0.15, 0.2) is 0 Å². The molecule has 4 nitrogen and oxygen atoms in total. The summed E-state index contributed by atoms with van der Waals surface area (Å²) in [6, 6.07) is 0. The van der Waals surface area contributed by atoms with E-state index in [1.54, 1.807) is 0 Å². The van der Waals surface area contributed by atoms with Crippen LogP contribution < -0.4 is 22.5 Å². The summed E-state index contributed by atoms with van der Waals surface area (Å²) >= 11 is 0. The number of hydrogen-bond acceptors (Lipinski definition) is 4. The van der Waals surface area contributed by atoms with Gasteiger partial charge in [0.15, 0.2) is 0 Å². The van der Waals surface area contributed by atoms with Crippen LogP contribution in [0.3, 0.4) is 0 Å². The Morgan fingerprint density at radius 1 is 0.632 bits per heavy atom. The summed E-state index contributed by atoms with van der Waals surface area (Å²) < 4.78 is 0. The summed E-state index contributed by atoms with van der Waals surface area (Å²) in [5.74, 6) is 0. The zero-order valence-corrected chi connectivity index (χ0v) is 12.7. The lowest BCUT2D eigenvalue weighted by Gasteiger charge is -2.13. The van der Waals surface area contributed by atoms with E-state index >= 15 is 0 Å². The first-order chi connectivity index (χ1) is 9.31. The molecule has 1 unspecified atom stereocenters. The van der Waals surface area contributed by atoms with Crippen LogP contribution >= 0.6 is 0 Å². The lowest BCUT2D eigenvalue weighted by molar-refractivity contribution is 0.453. The van der Waals surface area contributed by atoms with Gasteiger partial charge in [-0.1, -0.05) is 44.9 Å². The fraction of sp³-hybridized carbons (Fsp3) is 1.00. The molecule has 19 heavy (non-hydrogen) atoms. The van der Waals surface area contributed by atoms with Crippen molar-refractivity contribution in [3.8, 4) is 0 Å². The summed E-state index contributed by atoms with van der Waals surface area (Å²) in [4.78, 5) is 0. The Balaban J connectivity index is 3.09. The van der Waals surface area contributed by atoms with Crippen LogP contribution in [0, 0.1) is 0 Å². The summed E-state index contributed by atoms with van der Waals surface area (Å²) in [5.41, 5.74) is 16.9. The Bertz CT molecular complexity index is 164. The topological polar surface area (TPSA) is 90.1 Å². The maximum Gasteiger partial charge on any atom is 0.0546 e. The second-order valence-corrected chi connectivity index (χ2v) is 5.46. The van der Waals surface area contributed by atoms with Crippen molar-refractivity contribution in [2.45, 2.75) is 76.8 Å². The second-order valence-electron chi connectivity index (χ2n) is 5.46. The molecule has 0 spiro atoms. The van der Waals surface area contributed by atoms with E-state index in [0.29, 0.717) is 0 Å². The zero-order valence-electron chi connectivity index (χ0n) is 12.7. The van der Waals surface area contributed by atoms with Crippen LogP contribution in [0.2, 0.25) is 0 Å². The minimum Gasteiger partial charge on any atom is -0.330 e. The first kappa shape index (κ1) is 18.8. The van der Waals surface area contributed by atoms with Crippen LogP contribution in [-0.2, 0) is 0 Å². The SMILES string of the molecule is NCCCCCCCCNC(N)CCCCCCN. The Labute approximate surface area is 119 Å². The maximum atomic E-state index is 6.02. The highest BCUT2D eigenvalue weighted by Gasteiger charge is 2.00. The number of nitrogens with one attached hydrogen (secondary N) is 1. The largest absolute Gasteiger partial charge is 0.330 e. The van der Waals surface area contributed by atoms with Crippen LogP contribution in [-0.4, -0.2) is 25.8 Å². The zero-order chi connectivity index (χ0) is 14.2. The van der Waals surface area contributed by atoms with Crippen molar-refractivity contribution in [2.24, 2.45) is 17.2 Å². The molecular weight excluding hydrogens is 236 g/mol. The van der Waals surface area contributed by atoms with E-state index in [4.69, 9.17) is 17.2 Å². The second kappa shape index (κ2) is 15.9. The molecule has 0 aromatic heterocycles. The molecule has 0 aromatic carbocycles. The van der Waals surface area contributed by atoms with E-state index in [9.17, 15) is 0 Å². The van der Waals surface area contributed by atoms with Gasteiger partial charge in [0.25, 0.3) is 0 Å². The molecule has 0 amide bonds. The van der Waals surface area contributed by atoms with Crippen LogP contribution in [0.4, 0.5) is 0 Å². The minimum atomic E-state index is 0.176. The number of hydrogen-bond donors (Lipinski definition) is 4. The van der Waals surface area contributed by atoms with Crippen LogP contribution in [0.1, 0.15) is 70.6 Å². The molecule has 0 aliphatic carbocycles. The highest BCUT2D eigenvalue weighted by molar-refractivity contribution is 4.59. The van der Waals surface area contributed by atoms with Gasteiger partial charge in [-0.05, 0) is 45.3 Å². The molecule has 0 heterocycles. The highest BCUT2D eigenvalue weighted by Crippen LogP contribution is 2.05. The lowest BCUT2D eigenvalue weighted by Crippen LogP contribution is -2.37. The molecule has 0 saturated carbocycles. The van der Waals surface area contributed by atoms with Gasteiger partial charge in [-0.3, -0.25) is 0 Å². The van der Waals surface area contributed by atoms with Crippen molar-refractivity contribution in [1.82, 2.24) is 5.32 Å². The quantitative estimate of drug-likeness (QED) is 0.271. The standard InChI is InChI=1S/C15H36N4/c16-12-8-4-1-2-6-10-14-19-15(18)11-7-3-5-9-13-17/h15,19H,1-14,16-18H2. The average Bonchev–Trinajstić information content (AvgIpc) is 2.41. The Kier molecular flexibility index (Phi) is 15.8. The molecule has 0 aliphatic rings. The highest BCUT2D eigenvalue weighted by atomic mass is 15.0. The number of rotatable bonds is 15. The molecule has 116 valence electrons. The third kappa shape index (κ3) is 15.8. The molecule has 4 heteroatoms. The van der Waals surface area contributed by atoms with Gasteiger partial charge in [-0.15, -0.1) is 0 Å². The smallest absolute Gasteiger partial charge is 0.0546 e. The van der Waals surface area contributed by atoms with Gasteiger partial charge in [-0.2, -0.15) is 0 Å². The normalized spacial score (nSPS) is 12.8. The maximum absolute atomic E-state index is 6.02. The number of nitrogens with two attached hydrogens (primary N) is 3. The van der Waals surface area contributed by atoms with Crippen molar-refractivity contribution < 1.29 is 0 Å². The third-order valence-electron chi connectivity index (χ3n) is 3.51. The fourth-order valence-corrected chi connectivity index (χ4v) is 2.23. The molecule has 1 atom stereocenters. The van der Waals surface area contributed by atoms with Crippen molar-refractivity contribution in [3.63, 3.8) is 0 Å². The molecule has 0 bridgehead atoms. The number of unbranched alkanes of at least 4 members (excludes halogenated alkanes) is 8. The van der Waals surface area contributed by atoms with Crippen LogP contribution in [0.5, 0.6) is 0 Å². The minimum absolute atomic E-state index is 0.176. The Morgan fingerprint density at radius 3 is 1.68 bits per heavy atom. The summed E-state index contributed by atoms with van der Waals surface area (Å²) in [6.45, 7) is 2.71. The summed E-state index contributed by atoms with van der Waals surface area (Å²) in [7, 11) is 0. The molecule has 7 N–H and O–H groups in total. The molecule has 0 aliphatic heterocycles. The molecule has 0 saturated heterocycles. The van der Waals surface area contributed by atoms with Gasteiger partial charge in [0, 0.05) is 0 Å². The molecular formula is C15H36N4. The predicted molar refractivity (Wildman–Crippen MR) is 84.9 cm³/mol. The van der Waals surface area contributed by atoms with Gasteiger partial charge in [0.2, 0.25) is 0 Å². The van der Waals surface area contributed by atoms with E-state index in [2.05, 4.69) is 5.32 Å². The monoisotopic (exact) mass is 272 g/mol. The van der Waals surface area contributed by atoms with Crippen LogP contribution in [0.25, 0.3) is 0 Å². The van der Waals surface area contributed by atoms with E-state index in [1.807, 2.05) is 0 Å². The first-order valence-corrected chi connectivity index (χ1v) is 8.20. The van der Waals surface area contributed by atoms with E-state index in [-0.39, 0.29) is 6.17 Å². The van der Waals surface area contributed by atoms with Crippen molar-refractivity contribution >= 4 is 0 Å². The van der Waals surface area contributed by atoms with Gasteiger partial charge < -0.3 is 22.5 Å². The predicted octanol–water partition coefficient (Wildman–Crippen LogP) is 2.07. The van der Waals surface area contributed by atoms with E-state index in [1.165, 1.54) is 57.8 Å². The van der Waals surface area contributed by atoms with Crippen molar-refractivity contribution in [1.29, 1.82) is 0 Å². The van der Waals surface area contributed by atoms with Gasteiger partial charge in [0.1, 0.15) is 0 Å². The van der Waals surface area contributed by atoms with Gasteiger partial charge in [-0.25, -0.2) is 0 Å². The Hall–Kier alpha value is -0.160. The molecule has 0 fully saturated rings. The van der Waals surface area contributed by atoms with Gasteiger partial charge >= 0.3 is 0 Å². The Morgan fingerprint density at radius 2 is 1.11 bits per heavy atom. The van der Waals surface area contributed by atoms with Crippen molar-refractivity contribution in [2.75, 3.05) is 19.6 Å². The summed E-state index contributed by atoms with van der Waals surface area (Å²) in [6.07, 6.45) is 13.8. The van der Waals surface area contributed by atoms with Crippen molar-refractivity contribution in [3.05, 3.63) is 0 Å². The first-order valence-electron chi connectivity index (χ1n) is 8.20. The lowest BCUT2D eigenvalue weighted by atomic mass is 10.1. The molecule has 0 aromatic rings. The van der Waals surface area contributed by atoms with E-state index in [0.717, 1.165) is 32.5 Å². The molecule has 0 radical (unpaired) electrons. The third-order valence-corrected chi connectivity index (χ3v) is 3.51.